The third-order valence-corrected chi connectivity index (χ3v) is 8.18. The van der Waals surface area contributed by atoms with Crippen molar-refractivity contribution in [1.82, 2.24) is 10.6 Å². The van der Waals surface area contributed by atoms with Crippen LogP contribution < -0.4 is 15.5 Å². The number of benzene rings is 2. The fraction of sp³-hybridized carbons (Fsp3) is 0.296. The van der Waals surface area contributed by atoms with E-state index in [-0.39, 0.29) is 18.1 Å². The third kappa shape index (κ3) is 3.40. The number of hydrogen-bond donors (Lipinski definition) is 2. The second kappa shape index (κ2) is 8.15. The van der Waals surface area contributed by atoms with Gasteiger partial charge in [0.15, 0.2) is 5.41 Å². The molecule has 1 aromatic heterocycles. The van der Waals surface area contributed by atoms with Crippen molar-refractivity contribution in [3.63, 3.8) is 0 Å². The van der Waals surface area contributed by atoms with Crippen molar-refractivity contribution in [3.8, 4) is 11.8 Å². The first-order chi connectivity index (χ1) is 17.3. The molecule has 0 unspecified atom stereocenters. The topological polar surface area (TPSA) is 87.7 Å². The summed E-state index contributed by atoms with van der Waals surface area (Å²) < 4.78 is 22.4. The zero-order valence-electron chi connectivity index (χ0n) is 19.6. The van der Waals surface area contributed by atoms with E-state index in [1.807, 2.05) is 42.2 Å². The van der Waals surface area contributed by atoms with E-state index < -0.39 is 41.2 Å². The van der Waals surface area contributed by atoms with E-state index >= 15 is 4.39 Å². The minimum Gasteiger partial charge on any atom is -0.372 e. The molecule has 7 nitrogen and oxygen atoms in total. The van der Waals surface area contributed by atoms with Crippen LogP contribution in [0.1, 0.15) is 29.9 Å². The van der Waals surface area contributed by atoms with E-state index in [4.69, 9.17) is 4.74 Å². The molecule has 0 radical (unpaired) electrons. The zero-order valence-corrected chi connectivity index (χ0v) is 20.4. The number of hydrogen-bond acceptors (Lipinski definition) is 6. The number of fused-ring (bicyclic) bond motifs is 5. The SMILES string of the molecule is C[C@@H]1CN2c3cc(F)c(C#Cc4cc5ccccc5s4)cc3CC3(C(=O)NC(=O)NC3=O)[C@H]2[C@H](C)O1. The number of amides is 4. The van der Waals surface area contributed by atoms with Gasteiger partial charge < -0.3 is 9.64 Å². The summed E-state index contributed by atoms with van der Waals surface area (Å²) in [5.41, 5.74) is -0.194. The summed E-state index contributed by atoms with van der Waals surface area (Å²) in [6.45, 7) is 4.04. The third-order valence-electron chi connectivity index (χ3n) is 7.14. The van der Waals surface area contributed by atoms with E-state index in [0.29, 0.717) is 17.8 Å². The maximum absolute atomic E-state index is 15.3. The molecule has 4 heterocycles. The first kappa shape index (κ1) is 22.7. The van der Waals surface area contributed by atoms with Crippen LogP contribution in [0.15, 0.2) is 42.5 Å². The minimum atomic E-state index is -1.60. The molecule has 182 valence electrons. The second-order valence-corrected chi connectivity index (χ2v) is 10.6. The van der Waals surface area contributed by atoms with Crippen molar-refractivity contribution in [2.75, 3.05) is 11.4 Å². The van der Waals surface area contributed by atoms with Crippen LogP contribution in [0, 0.1) is 23.1 Å². The molecule has 1 spiro atoms. The van der Waals surface area contributed by atoms with E-state index in [0.717, 1.165) is 15.0 Å². The number of imide groups is 2. The lowest BCUT2D eigenvalue weighted by Crippen LogP contribution is -2.75. The van der Waals surface area contributed by atoms with Crippen molar-refractivity contribution in [3.05, 3.63) is 64.3 Å². The van der Waals surface area contributed by atoms with Crippen LogP contribution in [0.4, 0.5) is 14.9 Å². The smallest absolute Gasteiger partial charge is 0.328 e. The normalized spacial score (nSPS) is 24.5. The van der Waals surface area contributed by atoms with Crippen molar-refractivity contribution >= 4 is 45.0 Å². The zero-order chi connectivity index (χ0) is 25.2. The van der Waals surface area contributed by atoms with Gasteiger partial charge in [0.25, 0.3) is 0 Å². The van der Waals surface area contributed by atoms with Crippen molar-refractivity contribution in [1.29, 1.82) is 0 Å². The van der Waals surface area contributed by atoms with Crippen LogP contribution in [0.2, 0.25) is 0 Å². The highest BCUT2D eigenvalue weighted by atomic mass is 32.1. The molecule has 0 aliphatic carbocycles. The molecular weight excluding hydrogens is 481 g/mol. The Hall–Kier alpha value is -3.74. The molecule has 3 aliphatic rings. The molecule has 2 aromatic carbocycles. The number of rotatable bonds is 0. The van der Waals surface area contributed by atoms with Crippen molar-refractivity contribution in [2.45, 2.75) is 38.5 Å². The molecule has 0 bridgehead atoms. The number of carbonyl (C=O) groups excluding carboxylic acids is 3. The number of halogens is 1. The Bertz CT molecular complexity index is 1470. The predicted molar refractivity (Wildman–Crippen MR) is 133 cm³/mol. The number of carbonyl (C=O) groups is 3. The van der Waals surface area contributed by atoms with E-state index in [9.17, 15) is 14.4 Å². The first-order valence-electron chi connectivity index (χ1n) is 11.7. The lowest BCUT2D eigenvalue weighted by molar-refractivity contribution is -0.153. The van der Waals surface area contributed by atoms with Gasteiger partial charge in [0.1, 0.15) is 5.82 Å². The highest BCUT2D eigenvalue weighted by Gasteiger charge is 2.62. The van der Waals surface area contributed by atoms with Gasteiger partial charge in [-0.3, -0.25) is 20.2 Å². The molecule has 2 N–H and O–H groups in total. The van der Waals surface area contributed by atoms with Gasteiger partial charge in [0, 0.05) is 16.9 Å². The fourth-order valence-corrected chi connectivity index (χ4v) is 6.64. The summed E-state index contributed by atoms with van der Waals surface area (Å²) in [5.74, 6) is 4.16. The lowest BCUT2D eigenvalue weighted by atomic mass is 9.66. The van der Waals surface area contributed by atoms with Gasteiger partial charge >= 0.3 is 6.03 Å². The van der Waals surface area contributed by atoms with Gasteiger partial charge in [-0.25, -0.2) is 9.18 Å². The quantitative estimate of drug-likeness (QED) is 0.363. The highest BCUT2D eigenvalue weighted by molar-refractivity contribution is 7.19. The number of barbiturate groups is 1. The Kier molecular flexibility index (Phi) is 5.14. The Labute approximate surface area is 210 Å². The summed E-state index contributed by atoms with van der Waals surface area (Å²) >= 11 is 1.53. The lowest BCUT2D eigenvalue weighted by Gasteiger charge is -2.55. The molecule has 2 saturated heterocycles. The van der Waals surface area contributed by atoms with E-state index in [1.54, 1.807) is 13.0 Å². The van der Waals surface area contributed by atoms with Gasteiger partial charge in [0.2, 0.25) is 11.8 Å². The average molecular weight is 504 g/mol. The minimum absolute atomic E-state index is 0.00558. The number of anilines is 1. The summed E-state index contributed by atoms with van der Waals surface area (Å²) in [5, 5.41) is 5.59. The molecule has 0 saturated carbocycles. The number of morpholine rings is 1. The highest BCUT2D eigenvalue weighted by Crippen LogP contribution is 2.47. The van der Waals surface area contributed by atoms with Crippen molar-refractivity contribution in [2.24, 2.45) is 5.41 Å². The van der Waals surface area contributed by atoms with E-state index in [2.05, 4.69) is 22.5 Å². The van der Waals surface area contributed by atoms with Gasteiger partial charge in [-0.1, -0.05) is 30.0 Å². The standard InChI is InChI=1S/C27H22FN3O4S/c1-14-13-31-21-11-20(28)16(7-8-19-10-17-5-3-4-6-22(17)36-19)9-18(21)12-27(23(31)15(2)35-14)24(32)29-26(34)30-25(27)33/h3-6,9-11,14-15,23H,12-13H2,1-2H3,(H2,29,30,32,33,34)/t14-,15+,23-/m1/s1. The first-order valence-corrected chi connectivity index (χ1v) is 12.5. The molecule has 6 rings (SSSR count). The maximum Gasteiger partial charge on any atom is 0.328 e. The summed E-state index contributed by atoms with van der Waals surface area (Å²) in [4.78, 5) is 41.1. The predicted octanol–water partition coefficient (Wildman–Crippen LogP) is 3.33. The van der Waals surface area contributed by atoms with Crippen LogP contribution in [-0.2, 0) is 20.7 Å². The Balaban J connectivity index is 1.46. The molecule has 4 amide bonds. The number of thiophene rings is 1. The van der Waals surface area contributed by atoms with Crippen LogP contribution in [0.5, 0.6) is 0 Å². The molecule has 2 fully saturated rings. The van der Waals surface area contributed by atoms with Gasteiger partial charge in [0.05, 0.1) is 28.7 Å². The Morgan fingerprint density at radius 1 is 1.08 bits per heavy atom. The Morgan fingerprint density at radius 2 is 1.83 bits per heavy atom. The van der Waals surface area contributed by atoms with E-state index in [1.165, 1.54) is 17.4 Å². The molecule has 36 heavy (non-hydrogen) atoms. The maximum atomic E-state index is 15.3. The van der Waals surface area contributed by atoms with Gasteiger partial charge in [-0.05, 0) is 55.5 Å². The molecule has 9 heteroatoms. The largest absolute Gasteiger partial charge is 0.372 e. The number of urea groups is 1. The molecule has 3 aliphatic heterocycles. The average Bonchev–Trinajstić information content (AvgIpc) is 3.24. The van der Waals surface area contributed by atoms with Crippen LogP contribution in [0.25, 0.3) is 10.1 Å². The number of ether oxygens (including phenoxy) is 1. The van der Waals surface area contributed by atoms with Crippen LogP contribution in [0.3, 0.4) is 0 Å². The monoisotopic (exact) mass is 503 g/mol. The Morgan fingerprint density at radius 3 is 2.58 bits per heavy atom. The summed E-state index contributed by atoms with van der Waals surface area (Å²) in [7, 11) is 0. The van der Waals surface area contributed by atoms with Crippen LogP contribution in [-0.4, -0.2) is 42.6 Å². The van der Waals surface area contributed by atoms with Crippen LogP contribution >= 0.6 is 11.3 Å². The molecule has 3 aromatic rings. The van der Waals surface area contributed by atoms with Crippen molar-refractivity contribution < 1.29 is 23.5 Å². The molecular formula is C27H22FN3O4S. The summed E-state index contributed by atoms with van der Waals surface area (Å²) in [6.07, 6.45) is -0.720. The summed E-state index contributed by atoms with van der Waals surface area (Å²) in [6, 6.07) is 11.4. The van der Waals surface area contributed by atoms with Gasteiger partial charge in [-0.15, -0.1) is 11.3 Å². The number of nitrogens with one attached hydrogen (secondary N) is 2. The molecule has 3 atom stereocenters. The van der Waals surface area contributed by atoms with Gasteiger partial charge in [-0.2, -0.15) is 0 Å². The fourth-order valence-electron chi connectivity index (χ4n) is 5.73. The second-order valence-electron chi connectivity index (χ2n) is 9.49. The number of nitrogens with zero attached hydrogens (tertiary/aromatic N) is 1.